The topological polar surface area (TPSA) is 67.9 Å². The van der Waals surface area contributed by atoms with Crippen LogP contribution in [-0.2, 0) is 10.0 Å². The molecule has 0 bridgehead atoms. The van der Waals surface area contributed by atoms with Crippen LogP contribution in [0.1, 0.15) is 6.42 Å². The molecule has 0 aromatic heterocycles. The lowest BCUT2D eigenvalue weighted by atomic mass is 10.3. The zero-order valence-electron chi connectivity index (χ0n) is 11.9. The van der Waals surface area contributed by atoms with E-state index in [0.717, 1.165) is 6.42 Å². The van der Waals surface area contributed by atoms with Gasteiger partial charge in [0.1, 0.15) is 16.4 Å². The van der Waals surface area contributed by atoms with E-state index in [1.165, 1.54) is 24.6 Å². The fraction of sp³-hybridized carbons (Fsp3) is 0.538. The molecule has 0 spiro atoms. The summed E-state index contributed by atoms with van der Waals surface area (Å²) in [6, 6.07) is 4.98. The van der Waals surface area contributed by atoms with E-state index < -0.39 is 10.0 Å². The number of sulfonamides is 1. The molecular formula is C13H20N2O4S. The average molecular weight is 300 g/mol. The van der Waals surface area contributed by atoms with Gasteiger partial charge in [0.25, 0.3) is 0 Å². The number of benzene rings is 1. The molecule has 1 unspecified atom stereocenters. The molecule has 0 saturated carbocycles. The van der Waals surface area contributed by atoms with Crippen LogP contribution in [0.4, 0.5) is 0 Å². The summed E-state index contributed by atoms with van der Waals surface area (Å²) in [4.78, 5) is 0.149. The first kappa shape index (κ1) is 15.1. The van der Waals surface area contributed by atoms with E-state index in [1.807, 2.05) is 7.05 Å². The maximum atomic E-state index is 12.7. The Labute approximate surface area is 119 Å². The first-order chi connectivity index (χ1) is 9.52. The highest BCUT2D eigenvalue weighted by atomic mass is 32.2. The van der Waals surface area contributed by atoms with E-state index in [-0.39, 0.29) is 10.9 Å². The molecule has 20 heavy (non-hydrogen) atoms. The highest BCUT2D eigenvalue weighted by molar-refractivity contribution is 7.89. The van der Waals surface area contributed by atoms with Gasteiger partial charge in [-0.25, -0.2) is 8.42 Å². The molecule has 0 amide bonds. The first-order valence-electron chi connectivity index (χ1n) is 6.42. The zero-order valence-corrected chi connectivity index (χ0v) is 12.7. The van der Waals surface area contributed by atoms with Crippen LogP contribution < -0.4 is 14.8 Å². The Morgan fingerprint density at radius 2 is 2.05 bits per heavy atom. The Kier molecular flexibility index (Phi) is 4.52. The summed E-state index contributed by atoms with van der Waals surface area (Å²) in [7, 11) is 1.24. The molecule has 1 N–H and O–H groups in total. The van der Waals surface area contributed by atoms with Gasteiger partial charge in [-0.1, -0.05) is 0 Å². The van der Waals surface area contributed by atoms with Crippen molar-refractivity contribution in [1.82, 2.24) is 9.62 Å². The highest BCUT2D eigenvalue weighted by Crippen LogP contribution is 2.31. The number of hydrogen-bond acceptors (Lipinski definition) is 5. The lowest BCUT2D eigenvalue weighted by Crippen LogP contribution is -2.33. The Balaban J connectivity index is 2.38. The third kappa shape index (κ3) is 2.74. The molecule has 6 nitrogen and oxygen atoms in total. The molecule has 1 aromatic carbocycles. The second kappa shape index (κ2) is 5.99. The minimum absolute atomic E-state index is 0.149. The molecule has 7 heteroatoms. The fourth-order valence-electron chi connectivity index (χ4n) is 2.31. The van der Waals surface area contributed by atoms with Gasteiger partial charge < -0.3 is 14.8 Å². The summed E-state index contributed by atoms with van der Waals surface area (Å²) in [6.45, 7) is 0.980. The van der Waals surface area contributed by atoms with Crippen LogP contribution in [0.3, 0.4) is 0 Å². The Hall–Kier alpha value is -1.31. The van der Waals surface area contributed by atoms with Crippen LogP contribution in [0.25, 0.3) is 0 Å². The SMILES string of the molecule is CNC1CCN(S(=O)(=O)c2cc(OC)ccc2OC)C1. The van der Waals surface area contributed by atoms with Crippen molar-refractivity contribution in [1.29, 1.82) is 0 Å². The molecule has 1 fully saturated rings. The van der Waals surface area contributed by atoms with Gasteiger partial charge in [0.05, 0.1) is 14.2 Å². The van der Waals surface area contributed by atoms with E-state index in [9.17, 15) is 8.42 Å². The third-order valence-electron chi connectivity index (χ3n) is 3.55. The van der Waals surface area contributed by atoms with Crippen LogP contribution in [0, 0.1) is 0 Å². The lowest BCUT2D eigenvalue weighted by molar-refractivity contribution is 0.388. The Morgan fingerprint density at radius 1 is 1.30 bits per heavy atom. The van der Waals surface area contributed by atoms with Crippen LogP contribution in [0.2, 0.25) is 0 Å². The zero-order chi connectivity index (χ0) is 14.8. The van der Waals surface area contributed by atoms with Crippen molar-refractivity contribution >= 4 is 10.0 Å². The van der Waals surface area contributed by atoms with Crippen molar-refractivity contribution in [2.24, 2.45) is 0 Å². The number of ether oxygens (including phenoxy) is 2. The number of nitrogens with zero attached hydrogens (tertiary/aromatic N) is 1. The van der Waals surface area contributed by atoms with Gasteiger partial charge in [-0.15, -0.1) is 0 Å². The molecular weight excluding hydrogens is 280 g/mol. The van der Waals surface area contributed by atoms with E-state index in [0.29, 0.717) is 24.6 Å². The molecule has 112 valence electrons. The average Bonchev–Trinajstić information content (AvgIpc) is 2.96. The van der Waals surface area contributed by atoms with Crippen LogP contribution in [0.5, 0.6) is 11.5 Å². The van der Waals surface area contributed by atoms with Gasteiger partial charge in [0, 0.05) is 25.2 Å². The summed E-state index contributed by atoms with van der Waals surface area (Å²) in [5.41, 5.74) is 0. The summed E-state index contributed by atoms with van der Waals surface area (Å²) < 4.78 is 37.2. The van der Waals surface area contributed by atoms with Crippen molar-refractivity contribution < 1.29 is 17.9 Å². The van der Waals surface area contributed by atoms with Crippen molar-refractivity contribution in [3.05, 3.63) is 18.2 Å². The molecule has 1 heterocycles. The van der Waals surface area contributed by atoms with Crippen molar-refractivity contribution in [3.63, 3.8) is 0 Å². The van der Waals surface area contributed by atoms with Crippen LogP contribution >= 0.6 is 0 Å². The number of nitrogens with one attached hydrogen (secondary N) is 1. The minimum Gasteiger partial charge on any atom is -0.497 e. The van der Waals surface area contributed by atoms with Gasteiger partial charge >= 0.3 is 0 Å². The van der Waals surface area contributed by atoms with Gasteiger partial charge in [-0.05, 0) is 25.6 Å². The number of likely N-dealkylation sites (N-methyl/N-ethyl adjacent to an activating group) is 1. The minimum atomic E-state index is -3.57. The van der Waals surface area contributed by atoms with E-state index in [1.54, 1.807) is 12.1 Å². The Morgan fingerprint density at radius 3 is 2.60 bits per heavy atom. The summed E-state index contributed by atoms with van der Waals surface area (Å²) in [6.07, 6.45) is 0.808. The maximum absolute atomic E-state index is 12.7. The van der Waals surface area contributed by atoms with Gasteiger partial charge in [-0.3, -0.25) is 0 Å². The van der Waals surface area contributed by atoms with E-state index in [2.05, 4.69) is 5.32 Å². The third-order valence-corrected chi connectivity index (χ3v) is 5.43. The normalized spacial score (nSPS) is 20.1. The van der Waals surface area contributed by atoms with Crippen LogP contribution in [0.15, 0.2) is 23.1 Å². The van der Waals surface area contributed by atoms with E-state index >= 15 is 0 Å². The van der Waals surface area contributed by atoms with Crippen molar-refractivity contribution in [2.45, 2.75) is 17.4 Å². The largest absolute Gasteiger partial charge is 0.497 e. The number of rotatable bonds is 5. The summed E-state index contributed by atoms with van der Waals surface area (Å²) in [5.74, 6) is 0.826. The van der Waals surface area contributed by atoms with Gasteiger partial charge in [0.15, 0.2) is 0 Å². The van der Waals surface area contributed by atoms with Crippen LogP contribution in [-0.4, -0.2) is 53.1 Å². The highest BCUT2D eigenvalue weighted by Gasteiger charge is 2.34. The molecule has 1 aromatic rings. The predicted octanol–water partition coefficient (Wildman–Crippen LogP) is 0.686. The molecule has 0 radical (unpaired) electrons. The second-order valence-corrected chi connectivity index (χ2v) is 6.56. The fourth-order valence-corrected chi connectivity index (χ4v) is 3.98. The molecule has 1 atom stereocenters. The van der Waals surface area contributed by atoms with Gasteiger partial charge in [-0.2, -0.15) is 4.31 Å². The number of methoxy groups -OCH3 is 2. The first-order valence-corrected chi connectivity index (χ1v) is 7.86. The van der Waals surface area contributed by atoms with Gasteiger partial charge in [0.2, 0.25) is 10.0 Å². The lowest BCUT2D eigenvalue weighted by Gasteiger charge is -2.18. The predicted molar refractivity (Wildman–Crippen MR) is 75.8 cm³/mol. The molecule has 2 rings (SSSR count). The second-order valence-electron chi connectivity index (χ2n) is 4.65. The van der Waals surface area contributed by atoms with E-state index in [4.69, 9.17) is 9.47 Å². The molecule has 1 saturated heterocycles. The van der Waals surface area contributed by atoms with Crippen molar-refractivity contribution in [3.8, 4) is 11.5 Å². The smallest absolute Gasteiger partial charge is 0.246 e. The molecule has 1 aliphatic heterocycles. The monoisotopic (exact) mass is 300 g/mol. The molecule has 1 aliphatic rings. The number of hydrogen-bond donors (Lipinski definition) is 1. The summed E-state index contributed by atoms with van der Waals surface area (Å²) in [5, 5.41) is 3.11. The maximum Gasteiger partial charge on any atom is 0.246 e. The Bertz CT molecular complexity index is 574. The quantitative estimate of drug-likeness (QED) is 0.866. The van der Waals surface area contributed by atoms with Crippen molar-refractivity contribution in [2.75, 3.05) is 34.4 Å². The molecule has 0 aliphatic carbocycles. The summed E-state index contributed by atoms with van der Waals surface area (Å²) >= 11 is 0. The standard InChI is InChI=1S/C13H20N2O4S/c1-14-10-6-7-15(9-10)20(16,17)13-8-11(18-2)4-5-12(13)19-3/h4-5,8,10,14H,6-7,9H2,1-3H3.